The summed E-state index contributed by atoms with van der Waals surface area (Å²) in [5, 5.41) is 6.76. The molecular weight excluding hydrogens is 334 g/mol. The Balaban J connectivity index is 1.45. The van der Waals surface area contributed by atoms with Gasteiger partial charge >= 0.3 is 0 Å². The van der Waals surface area contributed by atoms with E-state index in [0.717, 1.165) is 44.1 Å². The molecule has 0 saturated carbocycles. The summed E-state index contributed by atoms with van der Waals surface area (Å²) in [6.45, 7) is 8.55. The molecule has 1 spiro atoms. The molecule has 2 saturated heterocycles. The third-order valence-electron chi connectivity index (χ3n) is 4.52. The Bertz CT molecular complexity index is 553. The fourth-order valence-electron chi connectivity index (χ4n) is 3.08. The van der Waals surface area contributed by atoms with Crippen LogP contribution in [0.1, 0.15) is 32.4 Å². The van der Waals surface area contributed by atoms with Gasteiger partial charge in [0.05, 0.1) is 26.1 Å². The van der Waals surface area contributed by atoms with Gasteiger partial charge in [0.15, 0.2) is 11.7 Å². The summed E-state index contributed by atoms with van der Waals surface area (Å²) in [5.74, 6) is 1.85. The van der Waals surface area contributed by atoms with E-state index in [1.165, 1.54) is 0 Å². The number of hydrogen-bond acceptors (Lipinski definition) is 5. The van der Waals surface area contributed by atoms with Crippen LogP contribution < -0.4 is 10.6 Å². The molecule has 3 rings (SSSR count). The minimum Gasteiger partial charge on any atom is -0.469 e. The highest BCUT2D eigenvalue weighted by Gasteiger charge is 2.42. The molecule has 0 amide bonds. The lowest BCUT2D eigenvalue weighted by molar-refractivity contribution is -0.210. The zero-order chi connectivity index (χ0) is 18.2. The average molecular weight is 365 g/mol. The molecule has 1 aromatic rings. The first kappa shape index (κ1) is 19.2. The normalized spacial score (nSPS) is 22.9. The number of guanidine groups is 1. The molecule has 26 heavy (non-hydrogen) atoms. The van der Waals surface area contributed by atoms with E-state index >= 15 is 0 Å². The van der Waals surface area contributed by atoms with Crippen molar-refractivity contribution in [3.05, 3.63) is 24.2 Å². The molecule has 0 radical (unpaired) electrons. The Labute approximate surface area is 155 Å². The molecule has 2 fully saturated rings. The first-order valence-corrected chi connectivity index (χ1v) is 9.59. The fraction of sp³-hybridized carbons (Fsp3) is 0.737. The Hall–Kier alpha value is -1.57. The highest BCUT2D eigenvalue weighted by molar-refractivity contribution is 5.79. The van der Waals surface area contributed by atoms with E-state index < -0.39 is 5.79 Å². The molecule has 146 valence electrons. The fourth-order valence-corrected chi connectivity index (χ4v) is 3.08. The number of aliphatic imine (C=N–C) groups is 1. The van der Waals surface area contributed by atoms with Crippen LogP contribution in [0.2, 0.25) is 0 Å². The monoisotopic (exact) mass is 365 g/mol. The number of nitrogens with zero attached hydrogens (tertiary/aromatic N) is 1. The van der Waals surface area contributed by atoms with Gasteiger partial charge in [0.2, 0.25) is 0 Å². The lowest BCUT2D eigenvalue weighted by Crippen LogP contribution is -2.44. The van der Waals surface area contributed by atoms with Crippen molar-refractivity contribution in [2.75, 3.05) is 39.5 Å². The van der Waals surface area contributed by atoms with Gasteiger partial charge in [0.1, 0.15) is 11.9 Å². The van der Waals surface area contributed by atoms with Crippen molar-refractivity contribution in [3.8, 4) is 0 Å². The third-order valence-corrected chi connectivity index (χ3v) is 4.52. The summed E-state index contributed by atoms with van der Waals surface area (Å²) in [6, 6.07) is 3.89. The van der Waals surface area contributed by atoms with Gasteiger partial charge in [-0.1, -0.05) is 13.8 Å². The molecule has 1 aromatic heterocycles. The summed E-state index contributed by atoms with van der Waals surface area (Å²) in [6.07, 6.45) is 4.16. The van der Waals surface area contributed by atoms with E-state index in [9.17, 15) is 0 Å². The summed E-state index contributed by atoms with van der Waals surface area (Å²) in [7, 11) is 0. The van der Waals surface area contributed by atoms with Gasteiger partial charge in [-0.15, -0.1) is 0 Å². The quantitative estimate of drug-likeness (QED) is 0.568. The van der Waals surface area contributed by atoms with E-state index in [0.29, 0.717) is 32.3 Å². The Kier molecular flexibility index (Phi) is 6.93. The van der Waals surface area contributed by atoms with Gasteiger partial charge in [0, 0.05) is 38.9 Å². The van der Waals surface area contributed by atoms with E-state index in [4.69, 9.17) is 18.6 Å². The number of ether oxygens (including phenoxy) is 3. The second-order valence-electron chi connectivity index (χ2n) is 7.29. The van der Waals surface area contributed by atoms with E-state index in [2.05, 4.69) is 29.5 Å². The van der Waals surface area contributed by atoms with Crippen molar-refractivity contribution in [3.63, 3.8) is 0 Å². The predicted molar refractivity (Wildman–Crippen MR) is 99.2 cm³/mol. The maximum atomic E-state index is 6.17. The maximum Gasteiger partial charge on any atom is 0.191 e. The minimum absolute atomic E-state index is 0.0317. The molecule has 2 aliphatic rings. The standard InChI is InChI=1S/C19H31N3O4/c1-15(2)12-21-18(20-8-5-16-4-3-9-24-16)22-13-17-14-25-19(26-17)6-10-23-11-7-19/h3-4,9,15,17H,5-8,10-14H2,1-2H3,(H2,20,21,22). The van der Waals surface area contributed by atoms with Crippen molar-refractivity contribution in [2.24, 2.45) is 10.9 Å². The van der Waals surface area contributed by atoms with Gasteiger partial charge in [-0.05, 0) is 18.1 Å². The zero-order valence-electron chi connectivity index (χ0n) is 15.8. The summed E-state index contributed by atoms with van der Waals surface area (Å²) in [5.41, 5.74) is 0. The van der Waals surface area contributed by atoms with Gasteiger partial charge in [-0.3, -0.25) is 4.99 Å². The van der Waals surface area contributed by atoms with E-state index in [-0.39, 0.29) is 6.10 Å². The molecule has 0 bridgehead atoms. The van der Waals surface area contributed by atoms with E-state index in [1.54, 1.807) is 6.26 Å². The number of hydrogen-bond donors (Lipinski definition) is 2. The molecule has 2 aliphatic heterocycles. The zero-order valence-corrected chi connectivity index (χ0v) is 15.8. The molecule has 7 heteroatoms. The minimum atomic E-state index is -0.438. The molecular formula is C19H31N3O4. The Morgan fingerprint density at radius 3 is 2.88 bits per heavy atom. The molecule has 7 nitrogen and oxygen atoms in total. The summed E-state index contributed by atoms with van der Waals surface area (Å²) < 4.78 is 22.9. The van der Waals surface area contributed by atoms with Crippen molar-refractivity contribution < 1.29 is 18.6 Å². The highest BCUT2D eigenvalue weighted by atomic mass is 16.7. The number of nitrogens with one attached hydrogen (secondary N) is 2. The Morgan fingerprint density at radius 1 is 1.31 bits per heavy atom. The van der Waals surface area contributed by atoms with Crippen LogP contribution >= 0.6 is 0 Å². The lowest BCUT2D eigenvalue weighted by atomic mass is 10.1. The molecule has 0 aromatic carbocycles. The largest absolute Gasteiger partial charge is 0.469 e. The van der Waals surface area contributed by atoms with Crippen molar-refractivity contribution >= 4 is 5.96 Å². The van der Waals surface area contributed by atoms with Crippen LogP contribution in [-0.4, -0.2) is 57.3 Å². The second-order valence-corrected chi connectivity index (χ2v) is 7.29. The van der Waals surface area contributed by atoms with Crippen molar-refractivity contribution in [2.45, 2.75) is 45.0 Å². The van der Waals surface area contributed by atoms with Crippen molar-refractivity contribution in [1.82, 2.24) is 10.6 Å². The first-order valence-electron chi connectivity index (χ1n) is 9.59. The van der Waals surface area contributed by atoms with Gasteiger partial charge in [-0.2, -0.15) is 0 Å². The van der Waals surface area contributed by atoms with Gasteiger partial charge < -0.3 is 29.3 Å². The molecule has 3 heterocycles. The summed E-state index contributed by atoms with van der Waals surface area (Å²) in [4.78, 5) is 4.65. The lowest BCUT2D eigenvalue weighted by Gasteiger charge is -2.31. The highest BCUT2D eigenvalue weighted by Crippen LogP contribution is 2.32. The van der Waals surface area contributed by atoms with Crippen LogP contribution in [0.15, 0.2) is 27.8 Å². The molecule has 1 atom stereocenters. The van der Waals surface area contributed by atoms with Crippen LogP contribution in [0.4, 0.5) is 0 Å². The van der Waals surface area contributed by atoms with Crippen LogP contribution in [0.25, 0.3) is 0 Å². The topological polar surface area (TPSA) is 77.3 Å². The molecule has 0 aliphatic carbocycles. The SMILES string of the molecule is CC(C)CN=C(NCCc1ccco1)NCC1COC2(CCOCC2)O1. The smallest absolute Gasteiger partial charge is 0.191 e. The first-order chi connectivity index (χ1) is 12.7. The van der Waals surface area contributed by atoms with Crippen LogP contribution in [-0.2, 0) is 20.6 Å². The maximum absolute atomic E-state index is 6.17. The summed E-state index contributed by atoms with van der Waals surface area (Å²) >= 11 is 0. The average Bonchev–Trinajstić information content (AvgIpc) is 3.28. The van der Waals surface area contributed by atoms with Crippen molar-refractivity contribution in [1.29, 1.82) is 0 Å². The van der Waals surface area contributed by atoms with Gasteiger partial charge in [-0.25, -0.2) is 0 Å². The molecule has 1 unspecified atom stereocenters. The number of furan rings is 1. The van der Waals surface area contributed by atoms with Crippen LogP contribution in [0.3, 0.4) is 0 Å². The third kappa shape index (κ3) is 5.72. The molecule has 2 N–H and O–H groups in total. The number of rotatable bonds is 7. The van der Waals surface area contributed by atoms with E-state index in [1.807, 2.05) is 12.1 Å². The Morgan fingerprint density at radius 2 is 2.15 bits per heavy atom. The second kappa shape index (κ2) is 9.39. The van der Waals surface area contributed by atoms with Crippen LogP contribution in [0, 0.1) is 5.92 Å². The predicted octanol–water partition coefficient (Wildman–Crippen LogP) is 1.94. The van der Waals surface area contributed by atoms with Crippen LogP contribution in [0.5, 0.6) is 0 Å². The van der Waals surface area contributed by atoms with Gasteiger partial charge in [0.25, 0.3) is 0 Å².